The molecule has 3 aromatic rings. The van der Waals surface area contributed by atoms with Gasteiger partial charge in [0.25, 0.3) is 0 Å². The third kappa shape index (κ3) is 1.68. The summed E-state index contributed by atoms with van der Waals surface area (Å²) in [7, 11) is 0. The van der Waals surface area contributed by atoms with Crippen molar-refractivity contribution in [3.63, 3.8) is 0 Å². The molecule has 0 fully saturated rings. The molecule has 0 spiro atoms. The molecular formula is C14H12N2S. The van der Waals surface area contributed by atoms with Crippen molar-refractivity contribution in [1.82, 2.24) is 4.98 Å². The molecule has 0 amide bonds. The second-order valence-corrected chi connectivity index (χ2v) is 4.94. The summed E-state index contributed by atoms with van der Waals surface area (Å²) in [6.07, 6.45) is 0. The molecule has 17 heavy (non-hydrogen) atoms. The normalized spacial score (nSPS) is 10.9. The van der Waals surface area contributed by atoms with E-state index in [2.05, 4.69) is 48.3 Å². The Morgan fingerprint density at radius 2 is 1.82 bits per heavy atom. The molecule has 1 heterocycles. The summed E-state index contributed by atoms with van der Waals surface area (Å²) < 4.78 is 0. The van der Waals surface area contributed by atoms with Crippen LogP contribution in [0.2, 0.25) is 0 Å². The molecule has 84 valence electrons. The number of nitrogens with two attached hydrogens (primary N) is 1. The van der Waals surface area contributed by atoms with Crippen molar-refractivity contribution < 1.29 is 0 Å². The van der Waals surface area contributed by atoms with Crippen LogP contribution >= 0.6 is 11.3 Å². The zero-order valence-corrected chi connectivity index (χ0v) is 10.3. The molecule has 0 radical (unpaired) electrons. The molecule has 2 aromatic carbocycles. The Morgan fingerprint density at radius 1 is 1.06 bits per heavy atom. The summed E-state index contributed by atoms with van der Waals surface area (Å²) >= 11 is 1.48. The lowest BCUT2D eigenvalue weighted by Gasteiger charge is -2.06. The van der Waals surface area contributed by atoms with E-state index >= 15 is 0 Å². The van der Waals surface area contributed by atoms with E-state index < -0.39 is 0 Å². The van der Waals surface area contributed by atoms with Gasteiger partial charge in [-0.25, -0.2) is 4.98 Å². The number of nitrogen functional groups attached to an aromatic ring is 1. The van der Waals surface area contributed by atoms with Crippen LogP contribution in [-0.4, -0.2) is 4.98 Å². The van der Waals surface area contributed by atoms with Gasteiger partial charge >= 0.3 is 0 Å². The highest BCUT2D eigenvalue weighted by Crippen LogP contribution is 2.31. The molecule has 0 aliphatic heterocycles. The highest BCUT2D eigenvalue weighted by atomic mass is 32.1. The van der Waals surface area contributed by atoms with E-state index in [1.807, 2.05) is 5.38 Å². The van der Waals surface area contributed by atoms with Crippen molar-refractivity contribution in [1.29, 1.82) is 0 Å². The average Bonchev–Trinajstić information content (AvgIpc) is 2.77. The molecule has 1 aromatic heterocycles. The van der Waals surface area contributed by atoms with Gasteiger partial charge < -0.3 is 5.73 Å². The smallest absolute Gasteiger partial charge is 0.180 e. The second-order valence-electron chi connectivity index (χ2n) is 4.05. The van der Waals surface area contributed by atoms with Gasteiger partial charge in [-0.1, -0.05) is 36.4 Å². The summed E-state index contributed by atoms with van der Waals surface area (Å²) in [5.74, 6) is 0. The van der Waals surface area contributed by atoms with Crippen LogP contribution in [0.3, 0.4) is 0 Å². The van der Waals surface area contributed by atoms with E-state index in [4.69, 9.17) is 5.73 Å². The molecule has 0 saturated heterocycles. The molecule has 0 aliphatic carbocycles. The molecule has 2 nitrogen and oxygen atoms in total. The minimum atomic E-state index is 0.615. The maximum absolute atomic E-state index is 5.70. The third-order valence-corrected chi connectivity index (χ3v) is 3.61. The molecule has 0 aliphatic rings. The predicted octanol–water partition coefficient (Wildman–Crippen LogP) is 3.85. The molecule has 3 heteroatoms. The van der Waals surface area contributed by atoms with E-state index in [0.29, 0.717) is 5.13 Å². The highest BCUT2D eigenvalue weighted by molar-refractivity contribution is 7.13. The Kier molecular flexibility index (Phi) is 2.34. The minimum absolute atomic E-state index is 0.615. The van der Waals surface area contributed by atoms with Crippen molar-refractivity contribution in [3.8, 4) is 11.3 Å². The molecule has 0 atom stereocenters. The van der Waals surface area contributed by atoms with Gasteiger partial charge in [-0.05, 0) is 23.3 Å². The number of anilines is 1. The first-order valence-corrected chi connectivity index (χ1v) is 6.33. The van der Waals surface area contributed by atoms with Crippen LogP contribution < -0.4 is 5.73 Å². The summed E-state index contributed by atoms with van der Waals surface area (Å²) in [4.78, 5) is 4.36. The summed E-state index contributed by atoms with van der Waals surface area (Å²) in [5.41, 5.74) is 9.10. The van der Waals surface area contributed by atoms with Gasteiger partial charge in [0.15, 0.2) is 5.13 Å². The van der Waals surface area contributed by atoms with Gasteiger partial charge in [0, 0.05) is 10.9 Å². The molecule has 3 rings (SSSR count). The summed E-state index contributed by atoms with van der Waals surface area (Å²) in [6.45, 7) is 2.13. The zero-order chi connectivity index (χ0) is 11.8. The Morgan fingerprint density at radius 3 is 2.53 bits per heavy atom. The van der Waals surface area contributed by atoms with Gasteiger partial charge in [0.1, 0.15) is 0 Å². The maximum atomic E-state index is 5.70. The SMILES string of the molecule is Cc1ccc(-c2csc(N)n2)c2ccccc12. The lowest BCUT2D eigenvalue weighted by Crippen LogP contribution is -1.86. The standard InChI is InChI=1S/C14H12N2S/c1-9-6-7-12(13-8-17-14(15)16-13)11-5-3-2-4-10(9)11/h2-8H,1H3,(H2,15,16). The quantitative estimate of drug-likeness (QED) is 0.701. The average molecular weight is 240 g/mol. The number of hydrogen-bond donors (Lipinski definition) is 1. The van der Waals surface area contributed by atoms with Crippen LogP contribution in [-0.2, 0) is 0 Å². The van der Waals surface area contributed by atoms with E-state index in [-0.39, 0.29) is 0 Å². The highest BCUT2D eigenvalue weighted by Gasteiger charge is 2.07. The van der Waals surface area contributed by atoms with Gasteiger partial charge in [-0.3, -0.25) is 0 Å². The zero-order valence-electron chi connectivity index (χ0n) is 9.47. The van der Waals surface area contributed by atoms with Crippen LogP contribution in [0.15, 0.2) is 41.8 Å². The fourth-order valence-electron chi connectivity index (χ4n) is 2.08. The van der Waals surface area contributed by atoms with Crippen LogP contribution in [0.4, 0.5) is 5.13 Å². The maximum Gasteiger partial charge on any atom is 0.180 e. The first kappa shape index (κ1) is 10.3. The van der Waals surface area contributed by atoms with Gasteiger partial charge in [-0.2, -0.15) is 0 Å². The van der Waals surface area contributed by atoms with Crippen LogP contribution in [0.5, 0.6) is 0 Å². The molecule has 0 saturated carbocycles. The Hall–Kier alpha value is -1.87. The number of benzene rings is 2. The van der Waals surface area contributed by atoms with Crippen LogP contribution in [0.1, 0.15) is 5.56 Å². The number of nitrogens with zero attached hydrogens (tertiary/aromatic N) is 1. The topological polar surface area (TPSA) is 38.9 Å². The Labute approximate surface area is 104 Å². The van der Waals surface area contributed by atoms with Crippen molar-refractivity contribution in [2.24, 2.45) is 0 Å². The lowest BCUT2D eigenvalue weighted by atomic mass is 9.99. The van der Waals surface area contributed by atoms with E-state index in [1.54, 1.807) is 0 Å². The van der Waals surface area contributed by atoms with Crippen molar-refractivity contribution in [3.05, 3.63) is 47.3 Å². The van der Waals surface area contributed by atoms with E-state index in [0.717, 1.165) is 11.3 Å². The minimum Gasteiger partial charge on any atom is -0.375 e. The summed E-state index contributed by atoms with van der Waals surface area (Å²) in [6, 6.07) is 12.6. The van der Waals surface area contributed by atoms with Crippen molar-refractivity contribution in [2.45, 2.75) is 6.92 Å². The van der Waals surface area contributed by atoms with E-state index in [9.17, 15) is 0 Å². The number of fused-ring (bicyclic) bond motifs is 1. The Balaban J connectivity index is 2.34. The predicted molar refractivity (Wildman–Crippen MR) is 74.2 cm³/mol. The number of hydrogen-bond acceptors (Lipinski definition) is 3. The van der Waals surface area contributed by atoms with Gasteiger partial charge in [-0.15, -0.1) is 11.3 Å². The molecular weight excluding hydrogens is 228 g/mol. The second kappa shape index (κ2) is 3.86. The third-order valence-electron chi connectivity index (χ3n) is 2.94. The Bertz CT molecular complexity index is 686. The first-order valence-electron chi connectivity index (χ1n) is 5.45. The van der Waals surface area contributed by atoms with Gasteiger partial charge in [0.2, 0.25) is 0 Å². The largest absolute Gasteiger partial charge is 0.375 e. The number of aryl methyl sites for hydroxylation is 1. The fraction of sp³-hybridized carbons (Fsp3) is 0.0714. The van der Waals surface area contributed by atoms with Gasteiger partial charge in [0.05, 0.1) is 5.69 Å². The van der Waals surface area contributed by atoms with Crippen molar-refractivity contribution >= 4 is 27.2 Å². The summed E-state index contributed by atoms with van der Waals surface area (Å²) in [5, 5.41) is 5.13. The fourth-order valence-corrected chi connectivity index (χ4v) is 2.65. The van der Waals surface area contributed by atoms with Crippen molar-refractivity contribution in [2.75, 3.05) is 5.73 Å². The van der Waals surface area contributed by atoms with Crippen LogP contribution in [0.25, 0.3) is 22.0 Å². The lowest BCUT2D eigenvalue weighted by molar-refractivity contribution is 1.41. The number of aromatic nitrogens is 1. The number of rotatable bonds is 1. The molecule has 2 N–H and O–H groups in total. The van der Waals surface area contributed by atoms with Crippen LogP contribution in [0, 0.1) is 6.92 Å². The molecule has 0 unspecified atom stereocenters. The van der Waals surface area contributed by atoms with E-state index in [1.165, 1.54) is 27.7 Å². The number of thiazole rings is 1. The first-order chi connectivity index (χ1) is 8.25. The molecule has 0 bridgehead atoms. The monoisotopic (exact) mass is 240 g/mol.